The highest BCUT2D eigenvalue weighted by Crippen LogP contribution is 2.24. The standard InChI is InChI=1S/C12H12N2O4S/c1-7-2-3-9(15)8(4-7)13-10(16)5-14-11(17)6-19-12(14)18/h2-4,15H,5-6H2,1H3,(H,13,16). The van der Waals surface area contributed by atoms with Gasteiger partial charge in [0.1, 0.15) is 12.3 Å². The van der Waals surface area contributed by atoms with Crippen molar-refractivity contribution in [3.8, 4) is 5.75 Å². The van der Waals surface area contributed by atoms with Crippen LogP contribution in [0.3, 0.4) is 0 Å². The van der Waals surface area contributed by atoms with Gasteiger partial charge in [-0.1, -0.05) is 17.8 Å². The fraction of sp³-hybridized carbons (Fsp3) is 0.250. The number of phenols is 1. The zero-order chi connectivity index (χ0) is 14.0. The lowest BCUT2D eigenvalue weighted by atomic mass is 10.2. The van der Waals surface area contributed by atoms with E-state index < -0.39 is 11.1 Å². The molecule has 1 heterocycles. The molecule has 0 aromatic heterocycles. The molecular weight excluding hydrogens is 268 g/mol. The highest BCUT2D eigenvalue weighted by molar-refractivity contribution is 8.14. The van der Waals surface area contributed by atoms with E-state index in [9.17, 15) is 19.5 Å². The minimum Gasteiger partial charge on any atom is -0.506 e. The summed E-state index contributed by atoms with van der Waals surface area (Å²) in [6.45, 7) is 1.48. The molecule has 0 atom stereocenters. The van der Waals surface area contributed by atoms with E-state index >= 15 is 0 Å². The van der Waals surface area contributed by atoms with Gasteiger partial charge >= 0.3 is 0 Å². The lowest BCUT2D eigenvalue weighted by Crippen LogP contribution is -2.36. The third-order valence-electron chi connectivity index (χ3n) is 2.57. The first kappa shape index (κ1) is 13.4. The van der Waals surface area contributed by atoms with Gasteiger partial charge in [-0.2, -0.15) is 0 Å². The Hall–Kier alpha value is -2.02. The molecule has 1 aromatic rings. The number of phenolic OH excluding ortho intramolecular Hbond substituents is 1. The molecule has 2 N–H and O–H groups in total. The average Bonchev–Trinajstić information content (AvgIpc) is 2.65. The van der Waals surface area contributed by atoms with Crippen LogP contribution in [0.5, 0.6) is 5.75 Å². The lowest BCUT2D eigenvalue weighted by Gasteiger charge is -2.13. The first-order chi connectivity index (χ1) is 8.97. The second kappa shape index (κ2) is 5.31. The van der Waals surface area contributed by atoms with Crippen molar-refractivity contribution in [1.82, 2.24) is 4.90 Å². The number of carbonyl (C=O) groups excluding carboxylic acids is 3. The van der Waals surface area contributed by atoms with Gasteiger partial charge in [0.05, 0.1) is 11.4 Å². The molecule has 6 nitrogen and oxygen atoms in total. The van der Waals surface area contributed by atoms with E-state index in [1.807, 2.05) is 6.92 Å². The molecule has 1 aliphatic heterocycles. The molecule has 1 aliphatic rings. The molecule has 3 amide bonds. The third-order valence-corrected chi connectivity index (χ3v) is 3.43. The topological polar surface area (TPSA) is 86.7 Å². The summed E-state index contributed by atoms with van der Waals surface area (Å²) in [5.41, 5.74) is 1.13. The Labute approximate surface area is 113 Å². The maximum atomic E-state index is 11.7. The van der Waals surface area contributed by atoms with Crippen molar-refractivity contribution in [2.45, 2.75) is 6.92 Å². The summed E-state index contributed by atoms with van der Waals surface area (Å²) in [4.78, 5) is 35.3. The molecule has 1 aromatic carbocycles. The number of aromatic hydroxyl groups is 1. The average molecular weight is 280 g/mol. The van der Waals surface area contributed by atoms with E-state index in [4.69, 9.17) is 0 Å². The molecule has 19 heavy (non-hydrogen) atoms. The number of nitrogens with one attached hydrogen (secondary N) is 1. The highest BCUT2D eigenvalue weighted by atomic mass is 32.2. The van der Waals surface area contributed by atoms with Gasteiger partial charge in [-0.05, 0) is 24.6 Å². The zero-order valence-electron chi connectivity index (χ0n) is 10.2. The van der Waals surface area contributed by atoms with Crippen molar-refractivity contribution in [3.63, 3.8) is 0 Å². The number of imide groups is 1. The number of anilines is 1. The Bertz CT molecular complexity index is 543. The normalized spacial score (nSPS) is 14.9. The van der Waals surface area contributed by atoms with Crippen LogP contribution in [0, 0.1) is 6.92 Å². The summed E-state index contributed by atoms with van der Waals surface area (Å²) >= 11 is 0.875. The second-order valence-electron chi connectivity index (χ2n) is 4.10. The first-order valence-electron chi connectivity index (χ1n) is 5.54. The monoisotopic (exact) mass is 280 g/mol. The SMILES string of the molecule is Cc1ccc(O)c(NC(=O)CN2C(=O)CSC2=O)c1. The van der Waals surface area contributed by atoms with Crippen LogP contribution in [-0.2, 0) is 9.59 Å². The minimum absolute atomic E-state index is 0.0626. The van der Waals surface area contributed by atoms with E-state index in [1.54, 1.807) is 12.1 Å². The van der Waals surface area contributed by atoms with Crippen LogP contribution in [-0.4, -0.2) is 39.4 Å². The van der Waals surface area contributed by atoms with Crippen molar-refractivity contribution in [1.29, 1.82) is 0 Å². The molecule has 0 radical (unpaired) electrons. The van der Waals surface area contributed by atoms with Gasteiger partial charge in [0.15, 0.2) is 0 Å². The Balaban J connectivity index is 2.03. The predicted octanol–water partition coefficient (Wildman–Crippen LogP) is 1.33. The van der Waals surface area contributed by atoms with Crippen molar-refractivity contribution in [3.05, 3.63) is 23.8 Å². The van der Waals surface area contributed by atoms with Crippen LogP contribution in [0.4, 0.5) is 10.5 Å². The van der Waals surface area contributed by atoms with E-state index in [1.165, 1.54) is 6.07 Å². The smallest absolute Gasteiger partial charge is 0.289 e. The van der Waals surface area contributed by atoms with Crippen LogP contribution in [0.1, 0.15) is 5.56 Å². The fourth-order valence-electron chi connectivity index (χ4n) is 1.62. The lowest BCUT2D eigenvalue weighted by molar-refractivity contribution is -0.128. The van der Waals surface area contributed by atoms with Crippen molar-refractivity contribution < 1.29 is 19.5 Å². The van der Waals surface area contributed by atoms with E-state index in [0.717, 1.165) is 22.2 Å². The molecule has 0 aliphatic carbocycles. The van der Waals surface area contributed by atoms with Crippen molar-refractivity contribution >= 4 is 34.5 Å². The number of amides is 3. The summed E-state index contributed by atoms with van der Waals surface area (Å²) in [5, 5.41) is 11.6. The van der Waals surface area contributed by atoms with Gasteiger partial charge < -0.3 is 10.4 Å². The Morgan fingerprint density at radius 3 is 2.84 bits per heavy atom. The van der Waals surface area contributed by atoms with Gasteiger partial charge in [0, 0.05) is 0 Å². The molecule has 1 fully saturated rings. The molecule has 0 unspecified atom stereocenters. The molecule has 0 bridgehead atoms. The minimum atomic E-state index is -0.523. The number of rotatable bonds is 3. The number of benzene rings is 1. The van der Waals surface area contributed by atoms with Gasteiger partial charge in [-0.15, -0.1) is 0 Å². The maximum absolute atomic E-state index is 11.7. The number of nitrogens with zero attached hydrogens (tertiary/aromatic N) is 1. The molecule has 0 saturated carbocycles. The first-order valence-corrected chi connectivity index (χ1v) is 6.52. The Kier molecular flexibility index (Phi) is 3.75. The van der Waals surface area contributed by atoms with Gasteiger partial charge in [0.25, 0.3) is 5.24 Å². The van der Waals surface area contributed by atoms with Gasteiger partial charge in [-0.3, -0.25) is 19.3 Å². The molecule has 0 spiro atoms. The second-order valence-corrected chi connectivity index (χ2v) is 5.03. The summed E-state index contributed by atoms with van der Waals surface area (Å²) in [5.74, 6) is -0.891. The van der Waals surface area contributed by atoms with Gasteiger partial charge in [-0.25, -0.2) is 0 Å². The summed E-state index contributed by atoms with van der Waals surface area (Å²) < 4.78 is 0. The van der Waals surface area contributed by atoms with Gasteiger partial charge in [0.2, 0.25) is 11.8 Å². The molecule has 1 saturated heterocycles. The molecule has 100 valence electrons. The van der Waals surface area contributed by atoms with Crippen LogP contribution in [0.2, 0.25) is 0 Å². The number of aryl methyl sites for hydroxylation is 1. The van der Waals surface area contributed by atoms with E-state index in [0.29, 0.717) is 0 Å². The number of hydrogen-bond donors (Lipinski definition) is 2. The van der Waals surface area contributed by atoms with Crippen molar-refractivity contribution in [2.24, 2.45) is 0 Å². The maximum Gasteiger partial charge on any atom is 0.289 e. The van der Waals surface area contributed by atoms with Crippen LogP contribution < -0.4 is 5.32 Å². The molecular formula is C12H12N2O4S. The summed E-state index contributed by atoms with van der Waals surface area (Å²) in [6, 6.07) is 4.78. The fourth-order valence-corrected chi connectivity index (χ4v) is 2.34. The number of hydrogen-bond acceptors (Lipinski definition) is 5. The largest absolute Gasteiger partial charge is 0.506 e. The predicted molar refractivity (Wildman–Crippen MR) is 71.0 cm³/mol. The Morgan fingerprint density at radius 1 is 1.47 bits per heavy atom. The molecule has 2 rings (SSSR count). The molecule has 7 heteroatoms. The van der Waals surface area contributed by atoms with Crippen LogP contribution >= 0.6 is 11.8 Å². The zero-order valence-corrected chi connectivity index (χ0v) is 11.0. The van der Waals surface area contributed by atoms with E-state index in [2.05, 4.69) is 5.32 Å². The highest BCUT2D eigenvalue weighted by Gasteiger charge is 2.31. The van der Waals surface area contributed by atoms with Crippen LogP contribution in [0.25, 0.3) is 0 Å². The Morgan fingerprint density at radius 2 is 2.21 bits per heavy atom. The summed E-state index contributed by atoms with van der Waals surface area (Å²) in [6.07, 6.45) is 0. The van der Waals surface area contributed by atoms with E-state index in [-0.39, 0.29) is 29.6 Å². The number of carbonyl (C=O) groups is 3. The van der Waals surface area contributed by atoms with Crippen molar-refractivity contribution in [2.75, 3.05) is 17.6 Å². The number of thioether (sulfide) groups is 1. The summed E-state index contributed by atoms with van der Waals surface area (Å²) in [7, 11) is 0. The third kappa shape index (κ3) is 3.05. The quantitative estimate of drug-likeness (QED) is 0.816. The van der Waals surface area contributed by atoms with Crippen LogP contribution in [0.15, 0.2) is 18.2 Å².